The van der Waals surface area contributed by atoms with Crippen LogP contribution in [0.5, 0.6) is 11.5 Å². The summed E-state index contributed by atoms with van der Waals surface area (Å²) >= 11 is 0. The van der Waals surface area contributed by atoms with E-state index in [1.54, 1.807) is 18.2 Å². The topological polar surface area (TPSA) is 55.8 Å². The summed E-state index contributed by atoms with van der Waals surface area (Å²) in [4.78, 5) is -0.917. The van der Waals surface area contributed by atoms with Crippen molar-refractivity contribution < 1.29 is 26.7 Å². The van der Waals surface area contributed by atoms with E-state index in [0.29, 0.717) is 29.9 Å². The Morgan fingerprint density at radius 3 is 2.38 bits per heavy atom. The van der Waals surface area contributed by atoms with Crippen LogP contribution >= 0.6 is 0 Å². The summed E-state index contributed by atoms with van der Waals surface area (Å²) in [6, 6.07) is 7.52. The monoisotopic (exact) mass is 383 g/mol. The third-order valence-corrected chi connectivity index (χ3v) is 6.45. The van der Waals surface area contributed by atoms with Crippen LogP contribution in [0, 0.1) is 11.6 Å². The van der Waals surface area contributed by atoms with E-state index in [-0.39, 0.29) is 6.54 Å². The van der Waals surface area contributed by atoms with E-state index in [4.69, 9.17) is 9.47 Å². The third kappa shape index (κ3) is 3.14. The van der Waals surface area contributed by atoms with Crippen LogP contribution in [0.15, 0.2) is 41.3 Å². The Morgan fingerprint density at radius 2 is 1.77 bits per heavy atom. The van der Waals surface area contributed by atoms with E-state index in [0.717, 1.165) is 22.5 Å². The maximum absolute atomic E-state index is 14.1. The first-order chi connectivity index (χ1) is 12.4. The van der Waals surface area contributed by atoms with Crippen LogP contribution in [0.2, 0.25) is 0 Å². The highest BCUT2D eigenvalue weighted by atomic mass is 32.2. The molecule has 1 unspecified atom stereocenters. The lowest BCUT2D eigenvalue weighted by atomic mass is 10.0. The number of nitrogens with zero attached hydrogens (tertiary/aromatic N) is 1. The number of hydrogen-bond acceptors (Lipinski definition) is 4. The van der Waals surface area contributed by atoms with Gasteiger partial charge in [-0.1, -0.05) is 12.1 Å². The van der Waals surface area contributed by atoms with Crippen molar-refractivity contribution in [2.24, 2.45) is 0 Å². The van der Waals surface area contributed by atoms with Gasteiger partial charge in [0, 0.05) is 18.2 Å². The van der Waals surface area contributed by atoms with Crippen molar-refractivity contribution in [3.05, 3.63) is 53.6 Å². The van der Waals surface area contributed by atoms with E-state index in [1.807, 2.05) is 0 Å². The second-order valence-electron chi connectivity index (χ2n) is 5.93. The minimum atomic E-state index is -4.34. The van der Waals surface area contributed by atoms with Crippen molar-refractivity contribution in [3.8, 4) is 11.5 Å². The van der Waals surface area contributed by atoms with Crippen LogP contribution in [0.1, 0.15) is 24.4 Å². The van der Waals surface area contributed by atoms with E-state index in [2.05, 4.69) is 0 Å². The molecule has 0 radical (unpaired) electrons. The zero-order valence-electron chi connectivity index (χ0n) is 14.4. The van der Waals surface area contributed by atoms with Crippen LogP contribution in [0.3, 0.4) is 0 Å². The van der Waals surface area contributed by atoms with Gasteiger partial charge in [0.1, 0.15) is 23.1 Å². The molecule has 0 N–H and O–H groups in total. The lowest BCUT2D eigenvalue weighted by Crippen LogP contribution is -2.32. The number of halogens is 2. The van der Waals surface area contributed by atoms with E-state index >= 15 is 0 Å². The largest absolute Gasteiger partial charge is 0.497 e. The maximum Gasteiger partial charge on any atom is 0.249 e. The average Bonchev–Trinajstić information content (AvgIpc) is 3.11. The Balaban J connectivity index is 2.06. The summed E-state index contributed by atoms with van der Waals surface area (Å²) in [5.74, 6) is -1.17. The van der Waals surface area contributed by atoms with E-state index in [9.17, 15) is 17.2 Å². The van der Waals surface area contributed by atoms with E-state index in [1.165, 1.54) is 14.2 Å². The first-order valence-corrected chi connectivity index (χ1v) is 9.52. The Kier molecular flexibility index (Phi) is 5.15. The maximum atomic E-state index is 14.1. The molecule has 1 aliphatic heterocycles. The SMILES string of the molecule is COc1ccc(C2CCCN2S(=O)(=O)c2c(F)cccc2F)c(OC)c1. The van der Waals surface area contributed by atoms with Crippen LogP contribution in [-0.2, 0) is 10.0 Å². The first kappa shape index (κ1) is 18.6. The average molecular weight is 383 g/mol. The molecule has 0 spiro atoms. The molecule has 0 aromatic heterocycles. The van der Waals surface area contributed by atoms with Crippen molar-refractivity contribution in [3.63, 3.8) is 0 Å². The van der Waals surface area contributed by atoms with E-state index < -0.39 is 32.6 Å². The van der Waals surface area contributed by atoms with Crippen molar-refractivity contribution in [1.29, 1.82) is 0 Å². The first-order valence-electron chi connectivity index (χ1n) is 8.08. The summed E-state index contributed by atoms with van der Waals surface area (Å²) in [6.07, 6.45) is 1.10. The summed E-state index contributed by atoms with van der Waals surface area (Å²) in [7, 11) is -1.35. The van der Waals surface area contributed by atoms with Gasteiger partial charge in [-0.3, -0.25) is 0 Å². The number of rotatable bonds is 5. The molecule has 1 heterocycles. The van der Waals surface area contributed by atoms with Crippen LogP contribution < -0.4 is 9.47 Å². The highest BCUT2D eigenvalue weighted by Crippen LogP contribution is 2.42. The van der Waals surface area contributed by atoms with Crippen LogP contribution in [0.4, 0.5) is 8.78 Å². The number of hydrogen-bond donors (Lipinski definition) is 0. The molecule has 0 amide bonds. The molecule has 26 heavy (non-hydrogen) atoms. The molecular weight excluding hydrogens is 364 g/mol. The number of benzene rings is 2. The lowest BCUT2D eigenvalue weighted by Gasteiger charge is -2.26. The quantitative estimate of drug-likeness (QED) is 0.793. The molecule has 1 aliphatic rings. The van der Waals surface area contributed by atoms with Crippen molar-refractivity contribution in [1.82, 2.24) is 4.31 Å². The molecule has 8 heteroatoms. The van der Waals surface area contributed by atoms with Crippen molar-refractivity contribution in [2.45, 2.75) is 23.8 Å². The Bertz CT molecular complexity index is 897. The fourth-order valence-corrected chi connectivity index (χ4v) is 5.07. The van der Waals surface area contributed by atoms with Gasteiger partial charge >= 0.3 is 0 Å². The molecular formula is C18H19F2NO4S. The minimum Gasteiger partial charge on any atom is -0.497 e. The van der Waals surface area contributed by atoms with Gasteiger partial charge in [-0.05, 0) is 31.0 Å². The zero-order chi connectivity index (χ0) is 18.9. The highest BCUT2D eigenvalue weighted by molar-refractivity contribution is 7.89. The molecule has 1 atom stereocenters. The summed E-state index contributed by atoms with van der Waals surface area (Å²) in [5.41, 5.74) is 0.631. The van der Waals surface area contributed by atoms with Gasteiger partial charge in [0.25, 0.3) is 0 Å². The smallest absolute Gasteiger partial charge is 0.249 e. The minimum absolute atomic E-state index is 0.177. The summed E-state index contributed by atoms with van der Waals surface area (Å²) in [6.45, 7) is 0.177. The molecule has 3 rings (SSSR count). The predicted molar refractivity (Wildman–Crippen MR) is 91.8 cm³/mol. The molecule has 0 aliphatic carbocycles. The van der Waals surface area contributed by atoms with Crippen molar-refractivity contribution >= 4 is 10.0 Å². The molecule has 5 nitrogen and oxygen atoms in total. The fourth-order valence-electron chi connectivity index (χ4n) is 3.28. The van der Waals surface area contributed by atoms with Gasteiger partial charge in [0.2, 0.25) is 10.0 Å². The summed E-state index contributed by atoms with van der Waals surface area (Å²) in [5, 5.41) is 0. The normalized spacial score (nSPS) is 18.1. The molecule has 1 saturated heterocycles. The fraction of sp³-hybridized carbons (Fsp3) is 0.333. The number of sulfonamides is 1. The number of methoxy groups -OCH3 is 2. The van der Waals surface area contributed by atoms with Gasteiger partial charge in [0.15, 0.2) is 4.90 Å². The predicted octanol–water partition coefficient (Wildman–Crippen LogP) is 3.51. The van der Waals surface area contributed by atoms with Gasteiger partial charge in [-0.25, -0.2) is 17.2 Å². The molecule has 1 fully saturated rings. The number of ether oxygens (including phenoxy) is 2. The second kappa shape index (κ2) is 7.20. The molecule has 140 valence electrons. The van der Waals surface area contributed by atoms with Crippen LogP contribution in [0.25, 0.3) is 0 Å². The van der Waals surface area contributed by atoms with Gasteiger partial charge < -0.3 is 9.47 Å². The third-order valence-electron chi connectivity index (χ3n) is 4.49. The molecule has 2 aromatic carbocycles. The zero-order valence-corrected chi connectivity index (χ0v) is 15.2. The van der Waals surface area contributed by atoms with Crippen LogP contribution in [-0.4, -0.2) is 33.5 Å². The molecule has 0 bridgehead atoms. The second-order valence-corrected chi connectivity index (χ2v) is 7.76. The Labute approximate surface area is 151 Å². The Hall–Kier alpha value is -2.19. The molecule has 2 aromatic rings. The summed E-state index contributed by atoms with van der Waals surface area (Å²) < 4.78 is 65.8. The standard InChI is InChI=1S/C18H19F2NO4S/c1-24-12-8-9-13(17(11-12)25-2)16-7-4-10-21(16)26(22,23)18-14(19)5-3-6-15(18)20/h3,5-6,8-9,11,16H,4,7,10H2,1-2H3. The van der Waals surface area contributed by atoms with Gasteiger partial charge in [-0.15, -0.1) is 0 Å². The van der Waals surface area contributed by atoms with Gasteiger partial charge in [-0.2, -0.15) is 4.31 Å². The van der Waals surface area contributed by atoms with Gasteiger partial charge in [0.05, 0.1) is 20.3 Å². The molecule has 0 saturated carbocycles. The van der Waals surface area contributed by atoms with Crippen molar-refractivity contribution in [2.75, 3.05) is 20.8 Å². The Morgan fingerprint density at radius 1 is 1.08 bits per heavy atom. The lowest BCUT2D eigenvalue weighted by molar-refractivity contribution is 0.358. The highest BCUT2D eigenvalue weighted by Gasteiger charge is 2.40.